The summed E-state index contributed by atoms with van der Waals surface area (Å²) in [5.41, 5.74) is 0. The normalized spacial score (nSPS) is 12.5. The van der Waals surface area contributed by atoms with Crippen molar-refractivity contribution in [2.75, 3.05) is 0 Å². The van der Waals surface area contributed by atoms with Crippen LogP contribution in [0.4, 0.5) is 0 Å². The molecule has 0 aromatic rings. The zero-order chi connectivity index (χ0) is 9.94. The Morgan fingerprint density at radius 2 is 1.46 bits per heavy atom. The van der Waals surface area contributed by atoms with E-state index in [0.717, 1.165) is 0 Å². The molecule has 82 valence electrons. The molecule has 0 amide bonds. The molecule has 0 aliphatic heterocycles. The Bertz CT molecular complexity index is 192. The van der Waals surface area contributed by atoms with Crippen molar-refractivity contribution < 1.29 is 34.8 Å². The molecule has 0 bridgehead atoms. The van der Waals surface area contributed by atoms with E-state index in [1.54, 1.807) is 0 Å². The number of hydrogen-bond acceptors (Lipinski definition) is 2. The van der Waals surface area contributed by atoms with E-state index in [2.05, 4.69) is 16.9 Å². The van der Waals surface area contributed by atoms with Gasteiger partial charge in [-0.05, 0) is 12.9 Å². The second-order valence-corrected chi connectivity index (χ2v) is 9.92. The van der Waals surface area contributed by atoms with E-state index in [4.69, 9.17) is 0 Å². The van der Waals surface area contributed by atoms with Gasteiger partial charge in [0.1, 0.15) is 0 Å². The fourth-order valence-corrected chi connectivity index (χ4v) is 7.62. The number of thiol groups is 1. The molecule has 0 radical (unpaired) electrons. The van der Waals surface area contributed by atoms with Gasteiger partial charge in [0, 0.05) is 31.6 Å². The summed E-state index contributed by atoms with van der Waals surface area (Å²) in [4.78, 5) is 19.0. The van der Waals surface area contributed by atoms with Crippen LogP contribution >= 0.6 is 19.6 Å². The maximum atomic E-state index is 9.50. The summed E-state index contributed by atoms with van der Waals surface area (Å²) in [5.74, 6) is 0. The summed E-state index contributed by atoms with van der Waals surface area (Å²) < 4.78 is 4.45. The maximum Gasteiger partial charge on any atom is 0.291 e. The first-order chi connectivity index (χ1) is 5.33. The van der Waals surface area contributed by atoms with Gasteiger partial charge in [-0.1, -0.05) is 27.7 Å². The molecular formula is C6H17MoO3PS2. The third-order valence-electron chi connectivity index (χ3n) is 1.35. The molecule has 13 heavy (non-hydrogen) atoms. The molecule has 0 rings (SSSR count). The van der Waals surface area contributed by atoms with E-state index in [1.807, 2.05) is 27.7 Å². The van der Waals surface area contributed by atoms with Gasteiger partial charge in [0.2, 0.25) is 0 Å². The molecule has 2 N–H and O–H groups in total. The van der Waals surface area contributed by atoms with Gasteiger partial charge >= 0.3 is 0 Å². The monoisotopic (exact) mass is 330 g/mol. The predicted molar refractivity (Wildman–Crippen MR) is 59.1 cm³/mol. The SMILES string of the molecule is CC(C)S(C(C)C)=P(O)(O)OS.[Mo]. The Hall–Kier alpha value is 1.70. The van der Waals surface area contributed by atoms with Crippen molar-refractivity contribution in [2.24, 2.45) is 0 Å². The van der Waals surface area contributed by atoms with Crippen molar-refractivity contribution in [3.63, 3.8) is 0 Å². The molecule has 0 saturated carbocycles. The number of rotatable bonds is 3. The fraction of sp³-hybridized carbons (Fsp3) is 1.00. The molecule has 7 heteroatoms. The van der Waals surface area contributed by atoms with Crippen LogP contribution in [0.5, 0.6) is 0 Å². The van der Waals surface area contributed by atoms with Crippen LogP contribution in [0.1, 0.15) is 27.7 Å². The molecule has 0 fully saturated rings. The topological polar surface area (TPSA) is 49.7 Å². The van der Waals surface area contributed by atoms with Crippen molar-refractivity contribution in [3.05, 3.63) is 0 Å². The average Bonchev–Trinajstić information content (AvgIpc) is 1.84. The first-order valence-corrected chi connectivity index (χ1v) is 7.66. The molecule has 3 nitrogen and oxygen atoms in total. The first-order valence-electron chi connectivity index (χ1n) is 3.73. The van der Waals surface area contributed by atoms with Gasteiger partial charge in [-0.3, -0.25) is 0 Å². The van der Waals surface area contributed by atoms with Crippen LogP contribution in [-0.2, 0) is 35.1 Å². The molecule has 0 heterocycles. The van der Waals surface area contributed by atoms with E-state index in [1.165, 1.54) is 0 Å². The molecule has 0 aromatic heterocycles. The smallest absolute Gasteiger partial charge is 0.291 e. The minimum absolute atomic E-state index is 0. The average molecular weight is 328 g/mol. The van der Waals surface area contributed by atoms with Crippen molar-refractivity contribution in [3.8, 4) is 0 Å². The standard InChI is InChI=1S/C6H17O3PS2.Mo/c1-5(2)12(6(3)4)10(7,8)9-11;/h5-8,11H,1-4H3;. The Kier molecular flexibility index (Phi) is 9.28. The zero-order valence-electron chi connectivity index (χ0n) is 8.17. The minimum Gasteiger partial charge on any atom is -0.328 e. The molecule has 0 aliphatic rings. The predicted octanol–water partition coefficient (Wildman–Crippen LogP) is 1.94. The quantitative estimate of drug-likeness (QED) is 0.321. The van der Waals surface area contributed by atoms with Crippen LogP contribution in [-0.4, -0.2) is 20.3 Å². The molecule has 0 unspecified atom stereocenters. The van der Waals surface area contributed by atoms with Crippen molar-refractivity contribution in [1.29, 1.82) is 0 Å². The van der Waals surface area contributed by atoms with Gasteiger partial charge in [0.05, 0.1) is 0 Å². The van der Waals surface area contributed by atoms with Crippen molar-refractivity contribution in [1.82, 2.24) is 0 Å². The first kappa shape index (κ1) is 17.1. The minimum atomic E-state index is -3.25. The second kappa shape index (κ2) is 7.05. The Morgan fingerprint density at radius 3 is 1.54 bits per heavy atom. The summed E-state index contributed by atoms with van der Waals surface area (Å²) in [7, 11) is -0.515. The van der Waals surface area contributed by atoms with Gasteiger partial charge in [0.15, 0.2) is 0 Å². The third-order valence-corrected chi connectivity index (χ3v) is 9.46. The van der Waals surface area contributed by atoms with Crippen LogP contribution in [0.2, 0.25) is 0 Å². The van der Waals surface area contributed by atoms with Crippen LogP contribution in [0.15, 0.2) is 0 Å². The zero-order valence-corrected chi connectivity index (χ0v) is 12.8. The van der Waals surface area contributed by atoms with Crippen LogP contribution in [0, 0.1) is 0 Å². The van der Waals surface area contributed by atoms with Crippen LogP contribution < -0.4 is 0 Å². The fourth-order valence-electron chi connectivity index (χ4n) is 1.13. The van der Waals surface area contributed by atoms with Crippen LogP contribution in [0.3, 0.4) is 0 Å². The van der Waals surface area contributed by atoms with Gasteiger partial charge in [-0.2, -0.15) is 0 Å². The van der Waals surface area contributed by atoms with E-state index >= 15 is 0 Å². The molecule has 0 atom stereocenters. The van der Waals surface area contributed by atoms with Crippen LogP contribution in [0.25, 0.3) is 0 Å². The molecular weight excluding hydrogens is 311 g/mol. The van der Waals surface area contributed by atoms with E-state index in [9.17, 15) is 9.79 Å². The van der Waals surface area contributed by atoms with Gasteiger partial charge in [-0.15, -0.1) is 10.1 Å². The van der Waals surface area contributed by atoms with Gasteiger partial charge in [0.25, 0.3) is 6.72 Å². The Balaban J connectivity index is 0. The number of hydrogen-bond donors (Lipinski definition) is 3. The largest absolute Gasteiger partial charge is 0.328 e. The van der Waals surface area contributed by atoms with E-state index in [0.29, 0.717) is 0 Å². The summed E-state index contributed by atoms with van der Waals surface area (Å²) in [6.45, 7) is 4.57. The Labute approximate surface area is 102 Å². The Morgan fingerprint density at radius 1 is 1.15 bits per heavy atom. The molecule has 0 aromatic carbocycles. The second-order valence-electron chi connectivity index (χ2n) is 3.02. The maximum absolute atomic E-state index is 9.50. The third kappa shape index (κ3) is 5.36. The van der Waals surface area contributed by atoms with Gasteiger partial charge < -0.3 is 9.79 Å². The molecule has 0 aliphatic carbocycles. The van der Waals surface area contributed by atoms with Crippen molar-refractivity contribution >= 4 is 29.7 Å². The summed E-state index contributed by atoms with van der Waals surface area (Å²) in [6, 6.07) is 0. The summed E-state index contributed by atoms with van der Waals surface area (Å²) in [5, 5.41) is 0.418. The van der Waals surface area contributed by atoms with E-state index in [-0.39, 0.29) is 31.6 Å². The van der Waals surface area contributed by atoms with E-state index < -0.39 is 16.8 Å². The van der Waals surface area contributed by atoms with Crippen molar-refractivity contribution in [2.45, 2.75) is 38.2 Å². The molecule has 0 spiro atoms. The van der Waals surface area contributed by atoms with Gasteiger partial charge in [-0.25, -0.2) is 3.97 Å². The molecule has 0 saturated heterocycles. The summed E-state index contributed by atoms with van der Waals surface area (Å²) in [6.07, 6.45) is 0. The summed E-state index contributed by atoms with van der Waals surface area (Å²) >= 11 is 3.49.